The maximum absolute atomic E-state index is 13.5. The number of carbonyl (C=O) groups excluding carboxylic acids is 3. The summed E-state index contributed by atoms with van der Waals surface area (Å²) in [6.45, 7) is 0.324. The normalized spacial score (nSPS) is 14.8. The Morgan fingerprint density at radius 2 is 1.61 bits per heavy atom. The van der Waals surface area contributed by atoms with E-state index in [1.54, 1.807) is 11.4 Å². The number of benzene rings is 2. The Morgan fingerprint density at radius 1 is 0.944 bits per heavy atom. The molecule has 0 bridgehead atoms. The Labute approximate surface area is 216 Å². The summed E-state index contributed by atoms with van der Waals surface area (Å²) in [4.78, 5) is 41.7. The average Bonchev–Trinajstić information content (AvgIpc) is 3.42. The molecule has 1 atom stereocenters. The van der Waals surface area contributed by atoms with E-state index in [-0.39, 0.29) is 41.5 Å². The van der Waals surface area contributed by atoms with Crippen LogP contribution in [-0.4, -0.2) is 67.5 Å². The summed E-state index contributed by atoms with van der Waals surface area (Å²) in [6.07, 6.45) is 0. The first-order chi connectivity index (χ1) is 17.2. The monoisotopic (exact) mass is 549 g/mol. The first kappa shape index (κ1) is 25.8. The number of nitrogens with zero attached hydrogens (tertiary/aromatic N) is 2. The van der Waals surface area contributed by atoms with Crippen molar-refractivity contribution >= 4 is 50.5 Å². The van der Waals surface area contributed by atoms with Crippen molar-refractivity contribution in [2.75, 3.05) is 26.2 Å². The molecule has 0 saturated carbocycles. The minimum Gasteiger partial charge on any atom is -0.336 e. The number of rotatable bonds is 6. The Balaban J connectivity index is 1.53. The minimum atomic E-state index is -4.33. The molecule has 1 unspecified atom stereocenters. The maximum Gasteiger partial charge on any atom is 0.262 e. The molecule has 3 aromatic rings. The third-order valence-electron chi connectivity index (χ3n) is 5.63. The van der Waals surface area contributed by atoms with Gasteiger partial charge in [0.05, 0.1) is 9.77 Å². The van der Waals surface area contributed by atoms with Gasteiger partial charge in [-0.2, -0.15) is 0 Å². The fourth-order valence-corrected chi connectivity index (χ4v) is 5.95. The van der Waals surface area contributed by atoms with Gasteiger partial charge in [0.2, 0.25) is 15.2 Å². The van der Waals surface area contributed by atoms with E-state index in [1.165, 1.54) is 58.3 Å². The summed E-state index contributed by atoms with van der Waals surface area (Å²) >= 11 is 6.99. The lowest BCUT2D eigenvalue weighted by atomic mass is 10.1. The van der Waals surface area contributed by atoms with Crippen molar-refractivity contribution < 1.29 is 27.2 Å². The number of halogens is 2. The number of nitrogens with one attached hydrogen (secondary N) is 1. The first-order valence-electron chi connectivity index (χ1n) is 10.8. The van der Waals surface area contributed by atoms with E-state index in [0.717, 1.165) is 17.4 Å². The van der Waals surface area contributed by atoms with Crippen LogP contribution in [-0.2, 0) is 14.6 Å². The maximum atomic E-state index is 13.5. The summed E-state index contributed by atoms with van der Waals surface area (Å²) in [6, 6.07) is 13.8. The van der Waals surface area contributed by atoms with Gasteiger partial charge in [-0.15, -0.1) is 11.3 Å². The molecule has 1 fully saturated rings. The number of thiophene rings is 1. The molecule has 12 heteroatoms. The number of piperazine rings is 1. The molecule has 2 heterocycles. The number of sulfone groups is 1. The molecule has 3 amide bonds. The van der Waals surface area contributed by atoms with Crippen LogP contribution in [0.4, 0.5) is 4.39 Å². The highest BCUT2D eigenvalue weighted by Crippen LogP contribution is 2.21. The molecular weight excluding hydrogens is 529 g/mol. The van der Waals surface area contributed by atoms with Gasteiger partial charge in [0.1, 0.15) is 5.82 Å². The van der Waals surface area contributed by atoms with Crippen molar-refractivity contribution in [3.63, 3.8) is 0 Å². The molecule has 0 radical (unpaired) electrons. The summed E-state index contributed by atoms with van der Waals surface area (Å²) in [5, 5.41) is 2.48. The minimum absolute atomic E-state index is 0.0431. The second-order valence-electron chi connectivity index (χ2n) is 7.96. The second-order valence-corrected chi connectivity index (χ2v) is 11.4. The number of hydrogen-bond donors (Lipinski definition) is 1. The van der Waals surface area contributed by atoms with Crippen LogP contribution < -0.4 is 5.32 Å². The van der Waals surface area contributed by atoms with Gasteiger partial charge in [0.15, 0.2) is 0 Å². The van der Waals surface area contributed by atoms with Crippen molar-refractivity contribution in [3.05, 3.63) is 87.3 Å². The zero-order valence-corrected chi connectivity index (χ0v) is 21.2. The van der Waals surface area contributed by atoms with Gasteiger partial charge in [-0.3, -0.25) is 14.4 Å². The van der Waals surface area contributed by atoms with Crippen molar-refractivity contribution in [2.45, 2.75) is 10.3 Å². The highest BCUT2D eigenvalue weighted by Gasteiger charge is 2.39. The molecular formula is C24H21ClFN3O5S2. The molecule has 0 aliphatic carbocycles. The van der Waals surface area contributed by atoms with E-state index in [1.807, 2.05) is 0 Å². The molecule has 8 nitrogen and oxygen atoms in total. The lowest BCUT2D eigenvalue weighted by Gasteiger charge is -2.36. The van der Waals surface area contributed by atoms with E-state index in [9.17, 15) is 27.2 Å². The quantitative estimate of drug-likeness (QED) is 0.509. The van der Waals surface area contributed by atoms with Gasteiger partial charge >= 0.3 is 0 Å². The number of hydrogen-bond acceptors (Lipinski definition) is 6. The molecule has 1 aliphatic heterocycles. The van der Waals surface area contributed by atoms with Crippen LogP contribution in [0, 0.1) is 5.82 Å². The van der Waals surface area contributed by atoms with Crippen LogP contribution >= 0.6 is 22.9 Å². The van der Waals surface area contributed by atoms with E-state index in [4.69, 9.17) is 11.6 Å². The van der Waals surface area contributed by atoms with Gasteiger partial charge in [-0.1, -0.05) is 23.7 Å². The summed E-state index contributed by atoms with van der Waals surface area (Å²) in [5.41, 5.74) is 0.182. The van der Waals surface area contributed by atoms with Crippen molar-refractivity contribution in [1.29, 1.82) is 0 Å². The van der Waals surface area contributed by atoms with Crippen LogP contribution in [0.2, 0.25) is 5.02 Å². The van der Waals surface area contributed by atoms with Crippen LogP contribution in [0.15, 0.2) is 70.9 Å². The first-order valence-corrected chi connectivity index (χ1v) is 13.6. The Morgan fingerprint density at radius 3 is 2.22 bits per heavy atom. The molecule has 1 saturated heterocycles. The van der Waals surface area contributed by atoms with Crippen molar-refractivity contribution in [2.24, 2.45) is 0 Å². The lowest BCUT2D eigenvalue weighted by Crippen LogP contribution is -2.57. The molecule has 188 valence electrons. The number of carbonyl (C=O) groups is 3. The summed E-state index contributed by atoms with van der Waals surface area (Å²) < 4.78 is 40.4. The van der Waals surface area contributed by atoms with Gasteiger partial charge in [0.25, 0.3) is 17.7 Å². The van der Waals surface area contributed by atoms with E-state index >= 15 is 0 Å². The Kier molecular flexibility index (Phi) is 7.72. The smallest absolute Gasteiger partial charge is 0.262 e. The second kappa shape index (κ2) is 10.8. The SMILES string of the molecule is O=C(NC(C(=O)N1CCN(C(=O)c2cccc(F)c2)CC1)S(=O)(=O)c1ccc(Cl)cc1)c1cccs1. The molecule has 4 rings (SSSR count). The lowest BCUT2D eigenvalue weighted by molar-refractivity contribution is -0.132. The Hall–Kier alpha value is -3.28. The predicted octanol–water partition coefficient (Wildman–Crippen LogP) is 3.06. The highest BCUT2D eigenvalue weighted by molar-refractivity contribution is 7.92. The van der Waals surface area contributed by atoms with Crippen molar-refractivity contribution in [3.8, 4) is 0 Å². The fourth-order valence-electron chi connectivity index (χ4n) is 3.73. The van der Waals surface area contributed by atoms with E-state index in [2.05, 4.69) is 5.32 Å². The standard InChI is InChI=1S/C24H21ClFN3O5S2/c25-17-6-8-19(9-7-17)36(33,34)22(27-21(30)20-5-2-14-35-20)24(32)29-12-10-28(11-13-29)23(31)16-3-1-4-18(26)15-16/h1-9,14-15,22H,10-13H2,(H,27,30). The van der Waals surface area contributed by atoms with Crippen molar-refractivity contribution in [1.82, 2.24) is 15.1 Å². The Bertz CT molecular complexity index is 1370. The number of amides is 3. The third kappa shape index (κ3) is 5.58. The van der Waals surface area contributed by atoms with Gasteiger partial charge in [-0.05, 0) is 53.9 Å². The molecule has 1 aliphatic rings. The van der Waals surface area contributed by atoms with E-state index in [0.29, 0.717) is 5.02 Å². The molecule has 36 heavy (non-hydrogen) atoms. The van der Waals surface area contributed by atoms with Gasteiger partial charge in [-0.25, -0.2) is 12.8 Å². The zero-order chi connectivity index (χ0) is 25.9. The molecule has 0 spiro atoms. The third-order valence-corrected chi connectivity index (χ3v) is 8.62. The van der Waals surface area contributed by atoms with Gasteiger partial charge < -0.3 is 15.1 Å². The largest absolute Gasteiger partial charge is 0.336 e. The van der Waals surface area contributed by atoms with Crippen LogP contribution in [0.25, 0.3) is 0 Å². The van der Waals surface area contributed by atoms with E-state index < -0.39 is 38.7 Å². The predicted molar refractivity (Wildman–Crippen MR) is 133 cm³/mol. The molecule has 2 aromatic carbocycles. The topological polar surface area (TPSA) is 104 Å². The van der Waals surface area contributed by atoms with Crippen LogP contribution in [0.1, 0.15) is 20.0 Å². The summed E-state index contributed by atoms with van der Waals surface area (Å²) in [7, 11) is -4.33. The molecule has 1 N–H and O–H groups in total. The van der Waals surface area contributed by atoms with Gasteiger partial charge in [0, 0.05) is 36.8 Å². The fraction of sp³-hybridized carbons (Fsp3) is 0.208. The van der Waals surface area contributed by atoms with Crippen LogP contribution in [0.5, 0.6) is 0 Å². The summed E-state index contributed by atoms with van der Waals surface area (Å²) in [5.74, 6) is -2.43. The highest BCUT2D eigenvalue weighted by atomic mass is 35.5. The zero-order valence-electron chi connectivity index (χ0n) is 18.8. The van der Waals surface area contributed by atoms with Crippen LogP contribution in [0.3, 0.4) is 0 Å². The molecule has 1 aromatic heterocycles. The average molecular weight is 550 g/mol.